The molecule has 25 heavy (non-hydrogen) atoms. The van der Waals surface area contributed by atoms with E-state index in [1.54, 1.807) is 0 Å². The molecule has 126 valence electrons. The molecule has 3 heteroatoms. The highest BCUT2D eigenvalue weighted by Crippen LogP contribution is 2.43. The van der Waals surface area contributed by atoms with E-state index in [-0.39, 0.29) is 5.82 Å². The maximum atomic E-state index is 13.2. The van der Waals surface area contributed by atoms with Gasteiger partial charge >= 0.3 is 0 Å². The number of benzene rings is 3. The molecule has 0 bridgehead atoms. The molecule has 0 fully saturated rings. The summed E-state index contributed by atoms with van der Waals surface area (Å²) < 4.78 is 15.9. The van der Waals surface area contributed by atoms with Gasteiger partial charge in [0.2, 0.25) is 0 Å². The average Bonchev–Trinajstić information content (AvgIpc) is 3.00. The molecule has 0 aliphatic rings. The van der Waals surface area contributed by atoms with Gasteiger partial charge in [0.25, 0.3) is 0 Å². The van der Waals surface area contributed by atoms with Gasteiger partial charge in [0, 0.05) is 28.2 Å². The molecule has 1 nitrogen and oxygen atoms in total. The van der Waals surface area contributed by atoms with Gasteiger partial charge in [-0.25, -0.2) is 4.39 Å². The van der Waals surface area contributed by atoms with E-state index in [0.717, 1.165) is 11.4 Å². The lowest BCUT2D eigenvalue weighted by atomic mass is 10.0. The zero-order chi connectivity index (χ0) is 17.6. The standard InChI is InChI=1S/C22H20FNS/c1-14(2)17-6-4-7-18-19-8-5-9-20(22(19)25-21(17)18)24(3)16-12-10-15(23)11-13-16/h4-14H,1-3H3. The van der Waals surface area contributed by atoms with E-state index < -0.39 is 0 Å². The minimum Gasteiger partial charge on any atom is -0.343 e. The first-order chi connectivity index (χ1) is 12.1. The molecule has 0 N–H and O–H groups in total. The third-order valence-corrected chi connectivity index (χ3v) is 6.02. The lowest BCUT2D eigenvalue weighted by Crippen LogP contribution is -2.09. The van der Waals surface area contributed by atoms with Crippen LogP contribution in [0.15, 0.2) is 60.7 Å². The second-order valence-electron chi connectivity index (χ2n) is 6.67. The number of nitrogens with zero attached hydrogens (tertiary/aromatic N) is 1. The number of rotatable bonds is 3. The van der Waals surface area contributed by atoms with E-state index in [0.29, 0.717) is 5.92 Å². The molecule has 0 saturated heterocycles. The summed E-state index contributed by atoms with van der Waals surface area (Å²) in [6.45, 7) is 4.48. The van der Waals surface area contributed by atoms with Crippen LogP contribution < -0.4 is 4.90 Å². The minimum atomic E-state index is -0.209. The second kappa shape index (κ2) is 6.16. The minimum absolute atomic E-state index is 0.209. The van der Waals surface area contributed by atoms with Gasteiger partial charge in [-0.15, -0.1) is 11.3 Å². The fourth-order valence-corrected chi connectivity index (χ4v) is 4.86. The molecule has 1 aromatic heterocycles. The fraction of sp³-hybridized carbons (Fsp3) is 0.182. The zero-order valence-electron chi connectivity index (χ0n) is 14.6. The third kappa shape index (κ3) is 2.69. The molecule has 1 heterocycles. The van der Waals surface area contributed by atoms with E-state index in [4.69, 9.17) is 0 Å². The summed E-state index contributed by atoms with van der Waals surface area (Å²) in [7, 11) is 2.04. The number of hydrogen-bond donors (Lipinski definition) is 0. The van der Waals surface area contributed by atoms with Crippen molar-refractivity contribution in [1.82, 2.24) is 0 Å². The van der Waals surface area contributed by atoms with Crippen molar-refractivity contribution in [3.05, 3.63) is 72.0 Å². The molecule has 0 amide bonds. The maximum Gasteiger partial charge on any atom is 0.123 e. The highest BCUT2D eigenvalue weighted by molar-refractivity contribution is 7.26. The van der Waals surface area contributed by atoms with Crippen molar-refractivity contribution in [2.45, 2.75) is 19.8 Å². The summed E-state index contributed by atoms with van der Waals surface area (Å²) in [4.78, 5) is 2.13. The van der Waals surface area contributed by atoms with Gasteiger partial charge in [-0.2, -0.15) is 0 Å². The van der Waals surface area contributed by atoms with E-state index in [9.17, 15) is 4.39 Å². The Labute approximate surface area is 151 Å². The molecular formula is C22H20FNS. The fourth-order valence-electron chi connectivity index (χ4n) is 3.35. The first kappa shape index (κ1) is 16.1. The Morgan fingerprint density at radius 3 is 2.16 bits per heavy atom. The van der Waals surface area contributed by atoms with Crippen molar-refractivity contribution in [3.8, 4) is 0 Å². The average molecular weight is 349 g/mol. The Morgan fingerprint density at radius 2 is 1.48 bits per heavy atom. The Morgan fingerprint density at radius 1 is 0.840 bits per heavy atom. The number of fused-ring (bicyclic) bond motifs is 3. The van der Waals surface area contributed by atoms with Crippen LogP contribution in [-0.2, 0) is 0 Å². The van der Waals surface area contributed by atoms with Crippen molar-refractivity contribution in [3.63, 3.8) is 0 Å². The Hall–Kier alpha value is -2.39. The van der Waals surface area contributed by atoms with Crippen LogP contribution >= 0.6 is 11.3 Å². The molecule has 4 aromatic rings. The molecule has 0 atom stereocenters. The molecular weight excluding hydrogens is 329 g/mol. The summed E-state index contributed by atoms with van der Waals surface area (Å²) in [6.07, 6.45) is 0. The van der Waals surface area contributed by atoms with Crippen LogP contribution in [-0.4, -0.2) is 7.05 Å². The van der Waals surface area contributed by atoms with Crippen molar-refractivity contribution < 1.29 is 4.39 Å². The lowest BCUT2D eigenvalue weighted by molar-refractivity contribution is 0.628. The first-order valence-corrected chi connectivity index (χ1v) is 9.31. The van der Waals surface area contributed by atoms with Crippen molar-refractivity contribution in [1.29, 1.82) is 0 Å². The number of anilines is 2. The van der Waals surface area contributed by atoms with Crippen molar-refractivity contribution in [2.24, 2.45) is 0 Å². The molecule has 0 radical (unpaired) electrons. The predicted octanol–water partition coefficient (Wildman–Crippen LogP) is 7.08. The first-order valence-electron chi connectivity index (χ1n) is 8.49. The monoisotopic (exact) mass is 349 g/mol. The number of halogens is 1. The Balaban J connectivity index is 1.94. The summed E-state index contributed by atoms with van der Waals surface area (Å²) >= 11 is 1.85. The highest BCUT2D eigenvalue weighted by atomic mass is 32.1. The summed E-state index contributed by atoms with van der Waals surface area (Å²) in [5, 5.41) is 2.61. The normalized spacial score (nSPS) is 11.6. The van der Waals surface area contributed by atoms with E-state index in [1.807, 2.05) is 30.5 Å². The molecule has 0 unspecified atom stereocenters. The van der Waals surface area contributed by atoms with E-state index >= 15 is 0 Å². The number of thiophene rings is 1. The lowest BCUT2D eigenvalue weighted by Gasteiger charge is -2.20. The largest absolute Gasteiger partial charge is 0.343 e. The van der Waals surface area contributed by atoms with Crippen LogP contribution in [0.2, 0.25) is 0 Å². The number of hydrogen-bond acceptors (Lipinski definition) is 2. The van der Waals surface area contributed by atoms with Crippen LogP contribution in [0.5, 0.6) is 0 Å². The summed E-state index contributed by atoms with van der Waals surface area (Å²) in [6, 6.07) is 19.7. The van der Waals surface area contributed by atoms with Gasteiger partial charge < -0.3 is 4.90 Å². The summed E-state index contributed by atoms with van der Waals surface area (Å²) in [5.74, 6) is 0.286. The highest BCUT2D eigenvalue weighted by Gasteiger charge is 2.15. The quantitative estimate of drug-likeness (QED) is 0.382. The van der Waals surface area contributed by atoms with Crippen LogP contribution in [0.3, 0.4) is 0 Å². The predicted molar refractivity (Wildman–Crippen MR) is 108 cm³/mol. The van der Waals surface area contributed by atoms with Crippen LogP contribution in [0.25, 0.3) is 20.2 Å². The molecule has 0 aliphatic heterocycles. The smallest absolute Gasteiger partial charge is 0.123 e. The van der Waals surface area contributed by atoms with Gasteiger partial charge in [0.1, 0.15) is 5.82 Å². The molecule has 3 aromatic carbocycles. The zero-order valence-corrected chi connectivity index (χ0v) is 15.4. The van der Waals surface area contributed by atoms with E-state index in [2.05, 4.69) is 55.1 Å². The van der Waals surface area contributed by atoms with Crippen LogP contribution in [0, 0.1) is 5.82 Å². The van der Waals surface area contributed by atoms with Gasteiger partial charge in [0.15, 0.2) is 0 Å². The van der Waals surface area contributed by atoms with Crippen molar-refractivity contribution >= 4 is 42.9 Å². The van der Waals surface area contributed by atoms with Gasteiger partial charge in [-0.1, -0.05) is 44.2 Å². The van der Waals surface area contributed by atoms with Gasteiger partial charge in [0.05, 0.1) is 10.4 Å². The maximum absolute atomic E-state index is 13.2. The second-order valence-corrected chi connectivity index (χ2v) is 7.69. The third-order valence-electron chi connectivity index (χ3n) is 4.73. The van der Waals surface area contributed by atoms with E-state index in [1.165, 1.54) is 37.9 Å². The molecule has 0 spiro atoms. The van der Waals surface area contributed by atoms with Gasteiger partial charge in [-0.05, 0) is 41.8 Å². The topological polar surface area (TPSA) is 3.24 Å². The Bertz CT molecular complexity index is 1050. The van der Waals surface area contributed by atoms with Gasteiger partial charge in [-0.3, -0.25) is 0 Å². The Kier molecular flexibility index (Phi) is 3.97. The summed E-state index contributed by atoms with van der Waals surface area (Å²) in [5.41, 5.74) is 3.53. The molecule has 0 aliphatic carbocycles. The van der Waals surface area contributed by atoms with Crippen LogP contribution in [0.4, 0.5) is 15.8 Å². The van der Waals surface area contributed by atoms with Crippen LogP contribution in [0.1, 0.15) is 25.3 Å². The molecule has 0 saturated carbocycles. The SMILES string of the molecule is CC(C)c1cccc2c1sc1c(N(C)c3ccc(F)cc3)cccc12. The molecule has 4 rings (SSSR count). The van der Waals surface area contributed by atoms with Crippen molar-refractivity contribution in [2.75, 3.05) is 11.9 Å².